The van der Waals surface area contributed by atoms with Crippen LogP contribution in [0.5, 0.6) is 0 Å². The lowest BCUT2D eigenvalue weighted by Gasteiger charge is -2.31. The normalized spacial score (nSPS) is 17.2. The lowest BCUT2D eigenvalue weighted by molar-refractivity contribution is 0.0705. The second kappa shape index (κ2) is 7.43. The number of piperidine rings is 1. The smallest absolute Gasteiger partial charge is 0.259 e. The second-order valence-electron chi connectivity index (χ2n) is 7.23. The fraction of sp³-hybridized carbons (Fsp3) is 0.450. The maximum absolute atomic E-state index is 13.2. The first-order valence-electron chi connectivity index (χ1n) is 9.58. The number of pyridine rings is 2. The number of fused-ring (bicyclic) bond motifs is 1. The summed E-state index contributed by atoms with van der Waals surface area (Å²) >= 11 is 1.58. The number of carbonyl (C=O) groups excluding carboxylic acids is 1. The third-order valence-electron chi connectivity index (χ3n) is 5.23. The zero-order chi connectivity index (χ0) is 19.8. The molecule has 0 saturated carbocycles. The van der Waals surface area contributed by atoms with Gasteiger partial charge in [0.25, 0.3) is 5.91 Å². The van der Waals surface area contributed by atoms with Crippen molar-refractivity contribution in [2.75, 3.05) is 13.1 Å². The molecule has 3 aromatic heterocycles. The molecule has 0 aromatic carbocycles. The Balaban J connectivity index is 1.69. The summed E-state index contributed by atoms with van der Waals surface area (Å²) in [6.07, 6.45) is 3.54. The first-order chi connectivity index (χ1) is 13.5. The van der Waals surface area contributed by atoms with Crippen LogP contribution >= 0.6 is 11.3 Å². The van der Waals surface area contributed by atoms with E-state index in [9.17, 15) is 9.59 Å². The molecule has 146 valence electrons. The minimum Gasteiger partial charge on any atom is -0.338 e. The molecule has 1 fully saturated rings. The van der Waals surface area contributed by atoms with Gasteiger partial charge in [-0.2, -0.15) is 0 Å². The SMILES string of the molecule is CCn1cc(C(=O)N2CCC[C@@H](c3nnc(C)s3)C2)c(=O)c2ccc(C)nc21. The van der Waals surface area contributed by atoms with Gasteiger partial charge in [-0.3, -0.25) is 9.59 Å². The zero-order valence-electron chi connectivity index (χ0n) is 16.3. The highest BCUT2D eigenvalue weighted by Gasteiger charge is 2.29. The molecule has 1 amide bonds. The number of likely N-dealkylation sites (tertiary alicyclic amines) is 1. The van der Waals surface area contributed by atoms with Crippen LogP contribution in [0.1, 0.15) is 51.8 Å². The molecule has 0 radical (unpaired) electrons. The fourth-order valence-corrected chi connectivity index (χ4v) is 4.59. The van der Waals surface area contributed by atoms with Crippen molar-refractivity contribution in [1.82, 2.24) is 24.6 Å². The number of aromatic nitrogens is 4. The van der Waals surface area contributed by atoms with Gasteiger partial charge < -0.3 is 9.47 Å². The van der Waals surface area contributed by atoms with Crippen LogP contribution in [0, 0.1) is 13.8 Å². The van der Waals surface area contributed by atoms with Gasteiger partial charge in [-0.25, -0.2) is 4.98 Å². The summed E-state index contributed by atoms with van der Waals surface area (Å²) in [7, 11) is 0. The van der Waals surface area contributed by atoms with Gasteiger partial charge in [0.15, 0.2) is 0 Å². The zero-order valence-corrected chi connectivity index (χ0v) is 17.1. The highest BCUT2D eigenvalue weighted by Crippen LogP contribution is 2.29. The van der Waals surface area contributed by atoms with Gasteiger partial charge in [-0.05, 0) is 45.7 Å². The number of amides is 1. The summed E-state index contributed by atoms with van der Waals surface area (Å²) in [6.45, 7) is 7.68. The molecule has 1 aliphatic heterocycles. The van der Waals surface area contributed by atoms with Gasteiger partial charge in [0, 0.05) is 37.4 Å². The van der Waals surface area contributed by atoms with Crippen molar-refractivity contribution in [3.8, 4) is 0 Å². The Labute approximate surface area is 167 Å². The Hall–Kier alpha value is -2.61. The van der Waals surface area contributed by atoms with Crippen LogP contribution < -0.4 is 5.43 Å². The number of hydrogen-bond acceptors (Lipinski definition) is 6. The molecular weight excluding hydrogens is 374 g/mol. The summed E-state index contributed by atoms with van der Waals surface area (Å²) in [4.78, 5) is 32.6. The fourth-order valence-electron chi connectivity index (χ4n) is 3.76. The van der Waals surface area contributed by atoms with Crippen molar-refractivity contribution in [3.05, 3.63) is 49.8 Å². The molecule has 7 nitrogen and oxygen atoms in total. The molecule has 1 atom stereocenters. The predicted molar refractivity (Wildman–Crippen MR) is 109 cm³/mol. The molecule has 0 N–H and O–H groups in total. The largest absolute Gasteiger partial charge is 0.338 e. The quantitative estimate of drug-likeness (QED) is 0.679. The van der Waals surface area contributed by atoms with Crippen LogP contribution in [0.4, 0.5) is 0 Å². The molecule has 3 aromatic rings. The van der Waals surface area contributed by atoms with Crippen molar-refractivity contribution < 1.29 is 4.79 Å². The van der Waals surface area contributed by atoms with E-state index < -0.39 is 0 Å². The van der Waals surface area contributed by atoms with Crippen LogP contribution in [-0.4, -0.2) is 43.6 Å². The highest BCUT2D eigenvalue weighted by atomic mass is 32.1. The summed E-state index contributed by atoms with van der Waals surface area (Å²) in [5.41, 5.74) is 1.45. The van der Waals surface area contributed by atoms with E-state index in [2.05, 4.69) is 15.2 Å². The minimum atomic E-state index is -0.244. The van der Waals surface area contributed by atoms with E-state index >= 15 is 0 Å². The lowest BCUT2D eigenvalue weighted by Crippen LogP contribution is -2.41. The first-order valence-corrected chi connectivity index (χ1v) is 10.4. The Bertz CT molecular complexity index is 1100. The van der Waals surface area contributed by atoms with Gasteiger partial charge >= 0.3 is 0 Å². The van der Waals surface area contributed by atoms with E-state index in [1.807, 2.05) is 31.4 Å². The van der Waals surface area contributed by atoms with Crippen LogP contribution in [0.2, 0.25) is 0 Å². The maximum Gasteiger partial charge on any atom is 0.259 e. The number of rotatable bonds is 3. The third-order valence-corrected chi connectivity index (χ3v) is 6.23. The molecule has 4 heterocycles. The third kappa shape index (κ3) is 3.32. The van der Waals surface area contributed by atoms with Gasteiger partial charge in [0.2, 0.25) is 5.43 Å². The van der Waals surface area contributed by atoms with Gasteiger partial charge in [-0.15, -0.1) is 21.5 Å². The molecule has 0 bridgehead atoms. The van der Waals surface area contributed by atoms with Crippen molar-refractivity contribution in [2.24, 2.45) is 0 Å². The standard InChI is InChI=1S/C20H23N5O2S/c1-4-24-11-16(17(26)15-8-7-12(2)21-18(15)24)20(27)25-9-5-6-14(10-25)19-23-22-13(3)28-19/h7-8,11,14H,4-6,9-10H2,1-3H3/t14-/m1/s1. The summed E-state index contributed by atoms with van der Waals surface area (Å²) in [5.74, 6) is -0.0253. The van der Waals surface area contributed by atoms with Crippen molar-refractivity contribution in [1.29, 1.82) is 0 Å². The van der Waals surface area contributed by atoms with Crippen LogP contribution in [0.3, 0.4) is 0 Å². The maximum atomic E-state index is 13.2. The van der Waals surface area contributed by atoms with Gasteiger partial charge in [0.05, 0.1) is 5.39 Å². The van der Waals surface area contributed by atoms with Gasteiger partial charge in [-0.1, -0.05) is 0 Å². The highest BCUT2D eigenvalue weighted by molar-refractivity contribution is 7.11. The average Bonchev–Trinajstić information content (AvgIpc) is 3.14. The van der Waals surface area contributed by atoms with Crippen molar-refractivity contribution >= 4 is 28.3 Å². The van der Waals surface area contributed by atoms with Crippen LogP contribution in [0.25, 0.3) is 11.0 Å². The summed E-state index contributed by atoms with van der Waals surface area (Å²) in [6, 6.07) is 3.58. The van der Waals surface area contributed by atoms with Gasteiger partial charge in [0.1, 0.15) is 21.2 Å². The van der Waals surface area contributed by atoms with Crippen molar-refractivity contribution in [3.63, 3.8) is 0 Å². The number of aryl methyl sites for hydroxylation is 3. The molecule has 1 saturated heterocycles. The number of carbonyl (C=O) groups is 1. The van der Waals surface area contributed by atoms with E-state index in [0.29, 0.717) is 30.7 Å². The Morgan fingerprint density at radius 1 is 1.29 bits per heavy atom. The van der Waals surface area contributed by atoms with Crippen molar-refractivity contribution in [2.45, 2.75) is 46.1 Å². The molecule has 1 aliphatic rings. The number of nitrogens with zero attached hydrogens (tertiary/aromatic N) is 5. The Morgan fingerprint density at radius 2 is 2.11 bits per heavy atom. The molecular formula is C20H23N5O2S. The summed E-state index contributed by atoms with van der Waals surface area (Å²) < 4.78 is 1.88. The monoisotopic (exact) mass is 397 g/mol. The van der Waals surface area contributed by atoms with Crippen LogP contribution in [0.15, 0.2) is 23.1 Å². The second-order valence-corrected chi connectivity index (χ2v) is 8.44. The van der Waals surface area contributed by atoms with E-state index in [1.165, 1.54) is 0 Å². The predicted octanol–water partition coefficient (Wildman–Crippen LogP) is 2.90. The molecule has 28 heavy (non-hydrogen) atoms. The van der Waals surface area contributed by atoms with E-state index in [0.717, 1.165) is 28.6 Å². The topological polar surface area (TPSA) is 81.0 Å². The molecule has 0 spiro atoms. The summed E-state index contributed by atoms with van der Waals surface area (Å²) in [5, 5.41) is 10.8. The first kappa shape index (κ1) is 18.7. The molecule has 4 rings (SSSR count). The lowest BCUT2D eigenvalue weighted by atomic mass is 9.98. The van der Waals surface area contributed by atoms with Crippen LogP contribution in [-0.2, 0) is 6.54 Å². The Morgan fingerprint density at radius 3 is 2.82 bits per heavy atom. The molecule has 0 aliphatic carbocycles. The Kier molecular flexibility index (Phi) is 4.97. The number of hydrogen-bond donors (Lipinski definition) is 0. The van der Waals surface area contributed by atoms with E-state index in [-0.39, 0.29) is 22.8 Å². The van der Waals surface area contributed by atoms with E-state index in [1.54, 1.807) is 28.5 Å². The molecule has 0 unspecified atom stereocenters. The van der Waals surface area contributed by atoms with E-state index in [4.69, 9.17) is 0 Å². The minimum absolute atomic E-state index is 0.182. The average molecular weight is 398 g/mol. The molecule has 8 heteroatoms.